The molecule has 1 heterocycles. The van der Waals surface area contributed by atoms with Gasteiger partial charge in [-0.2, -0.15) is 0 Å². The number of aliphatic imine (C=N–C) groups is 1. The third kappa shape index (κ3) is 5.38. The van der Waals surface area contributed by atoms with Gasteiger partial charge in [0.15, 0.2) is 5.17 Å². The Balaban J connectivity index is 1.56. The van der Waals surface area contributed by atoms with Crippen molar-refractivity contribution in [1.29, 1.82) is 0 Å². The standard InChI is InChI=1S/C27H24N2O4S/c1-3-29-25(30)24(34-27(29)28-22-14-12-20(13-15-22)26(31)32)16-21-6-4-5-7-23(21)33-17-19-10-8-18(2)9-11-19/h4-16H,3,17H2,1-2H3,(H,31,32)/b24-16+,28-27?. The Labute approximate surface area is 202 Å². The predicted octanol–water partition coefficient (Wildman–Crippen LogP) is 5.90. The van der Waals surface area contributed by atoms with Crippen LogP contribution in [0.2, 0.25) is 0 Å². The van der Waals surface area contributed by atoms with E-state index in [2.05, 4.69) is 17.1 Å². The summed E-state index contributed by atoms with van der Waals surface area (Å²) in [7, 11) is 0. The average molecular weight is 473 g/mol. The lowest BCUT2D eigenvalue weighted by molar-refractivity contribution is -0.122. The maximum atomic E-state index is 13.0. The molecular formula is C27H24N2O4S. The number of hydrogen-bond donors (Lipinski definition) is 1. The Morgan fingerprint density at radius 3 is 2.44 bits per heavy atom. The van der Waals surface area contributed by atoms with Gasteiger partial charge in [-0.3, -0.25) is 9.69 Å². The molecule has 0 saturated carbocycles. The summed E-state index contributed by atoms with van der Waals surface area (Å²) in [6.45, 7) is 4.84. The molecule has 172 valence electrons. The van der Waals surface area contributed by atoms with Gasteiger partial charge in [0, 0.05) is 12.1 Å². The van der Waals surface area contributed by atoms with Crippen molar-refractivity contribution >= 4 is 40.6 Å². The van der Waals surface area contributed by atoms with Crippen molar-refractivity contribution in [3.63, 3.8) is 0 Å². The monoisotopic (exact) mass is 472 g/mol. The molecule has 1 saturated heterocycles. The number of hydrogen-bond acceptors (Lipinski definition) is 5. The van der Waals surface area contributed by atoms with Gasteiger partial charge in [0.2, 0.25) is 0 Å². The SMILES string of the molecule is CCN1C(=O)/C(=C\c2ccccc2OCc2ccc(C)cc2)SC1=Nc1ccc(C(=O)O)cc1. The zero-order valence-corrected chi connectivity index (χ0v) is 19.7. The molecule has 1 N–H and O–H groups in total. The number of likely N-dealkylation sites (N-methyl/N-ethyl adjacent to an activating group) is 1. The Kier molecular flexibility index (Phi) is 7.13. The number of ether oxygens (including phenoxy) is 1. The van der Waals surface area contributed by atoms with E-state index < -0.39 is 5.97 Å². The summed E-state index contributed by atoms with van der Waals surface area (Å²) in [5.74, 6) is -0.420. The number of aromatic carboxylic acids is 1. The third-order valence-corrected chi connectivity index (χ3v) is 6.27. The van der Waals surface area contributed by atoms with Gasteiger partial charge >= 0.3 is 5.97 Å². The van der Waals surface area contributed by atoms with Gasteiger partial charge < -0.3 is 9.84 Å². The van der Waals surface area contributed by atoms with Crippen molar-refractivity contribution in [1.82, 2.24) is 4.90 Å². The van der Waals surface area contributed by atoms with Crippen LogP contribution in [0.5, 0.6) is 5.75 Å². The van der Waals surface area contributed by atoms with E-state index >= 15 is 0 Å². The van der Waals surface area contributed by atoms with Crippen molar-refractivity contribution in [2.75, 3.05) is 6.54 Å². The Morgan fingerprint density at radius 1 is 1.06 bits per heavy atom. The van der Waals surface area contributed by atoms with Gasteiger partial charge in [-0.25, -0.2) is 9.79 Å². The molecule has 0 aliphatic carbocycles. The summed E-state index contributed by atoms with van der Waals surface area (Å²) in [5.41, 5.74) is 3.85. The molecule has 1 aliphatic rings. The summed E-state index contributed by atoms with van der Waals surface area (Å²) in [5, 5.41) is 9.63. The first-order chi connectivity index (χ1) is 16.4. The summed E-state index contributed by atoms with van der Waals surface area (Å²) < 4.78 is 6.06. The number of carboxylic acids is 1. The third-order valence-electron chi connectivity index (χ3n) is 5.26. The van der Waals surface area contributed by atoms with Crippen molar-refractivity contribution in [3.8, 4) is 5.75 Å². The van der Waals surface area contributed by atoms with Crippen LogP contribution in [0, 0.1) is 6.92 Å². The van der Waals surface area contributed by atoms with Crippen LogP contribution >= 0.6 is 11.8 Å². The number of para-hydroxylation sites is 1. The number of thioether (sulfide) groups is 1. The molecule has 4 rings (SSSR count). The van der Waals surface area contributed by atoms with Crippen molar-refractivity contribution < 1.29 is 19.4 Å². The van der Waals surface area contributed by atoms with E-state index in [1.165, 1.54) is 29.5 Å². The number of rotatable bonds is 7. The smallest absolute Gasteiger partial charge is 0.335 e. The molecule has 0 atom stereocenters. The average Bonchev–Trinajstić information content (AvgIpc) is 3.13. The second kappa shape index (κ2) is 10.4. The predicted molar refractivity (Wildman–Crippen MR) is 135 cm³/mol. The van der Waals surface area contributed by atoms with E-state index in [1.807, 2.05) is 56.3 Å². The molecule has 1 fully saturated rings. The summed E-state index contributed by atoms with van der Waals surface area (Å²) in [4.78, 5) is 30.9. The molecular weight excluding hydrogens is 448 g/mol. The number of aryl methyl sites for hydroxylation is 1. The topological polar surface area (TPSA) is 79.2 Å². The first-order valence-corrected chi connectivity index (χ1v) is 11.7. The van der Waals surface area contributed by atoms with Gasteiger partial charge in [-0.05, 0) is 67.6 Å². The number of carbonyl (C=O) groups is 2. The molecule has 3 aromatic carbocycles. The second-order valence-corrected chi connectivity index (χ2v) is 8.73. The van der Waals surface area contributed by atoms with E-state index in [9.17, 15) is 9.59 Å². The highest BCUT2D eigenvalue weighted by Gasteiger charge is 2.32. The molecule has 3 aromatic rings. The van der Waals surface area contributed by atoms with Gasteiger partial charge in [0.25, 0.3) is 5.91 Å². The minimum absolute atomic E-state index is 0.123. The number of amidine groups is 1. The molecule has 6 nitrogen and oxygen atoms in total. The Bertz CT molecular complexity index is 1260. The highest BCUT2D eigenvalue weighted by molar-refractivity contribution is 8.18. The number of amides is 1. The number of carbonyl (C=O) groups excluding carboxylic acids is 1. The van der Waals surface area contributed by atoms with Gasteiger partial charge in [-0.15, -0.1) is 0 Å². The molecule has 1 amide bonds. The summed E-state index contributed by atoms with van der Waals surface area (Å²) >= 11 is 1.29. The summed E-state index contributed by atoms with van der Waals surface area (Å²) in [6, 6.07) is 22.1. The van der Waals surface area contributed by atoms with Crippen molar-refractivity contribution in [2.24, 2.45) is 4.99 Å². The normalized spacial score (nSPS) is 15.8. The fraction of sp³-hybridized carbons (Fsp3) is 0.148. The molecule has 0 aromatic heterocycles. The van der Waals surface area contributed by atoms with Crippen LogP contribution in [0.25, 0.3) is 6.08 Å². The highest BCUT2D eigenvalue weighted by atomic mass is 32.2. The van der Waals surface area contributed by atoms with Crippen LogP contribution in [0.1, 0.15) is 34.0 Å². The zero-order valence-electron chi connectivity index (χ0n) is 18.9. The van der Waals surface area contributed by atoms with Crippen LogP contribution in [0.4, 0.5) is 5.69 Å². The minimum atomic E-state index is -0.992. The summed E-state index contributed by atoms with van der Waals surface area (Å²) in [6.07, 6.45) is 1.83. The first-order valence-electron chi connectivity index (χ1n) is 10.9. The number of carboxylic acid groups (broad SMARTS) is 1. The second-order valence-electron chi connectivity index (χ2n) is 7.72. The van der Waals surface area contributed by atoms with E-state index in [0.717, 1.165) is 11.1 Å². The molecule has 0 bridgehead atoms. The Hall–Kier alpha value is -3.84. The van der Waals surface area contributed by atoms with Crippen LogP contribution in [0.15, 0.2) is 82.7 Å². The minimum Gasteiger partial charge on any atom is -0.488 e. The fourth-order valence-electron chi connectivity index (χ4n) is 3.38. The lowest BCUT2D eigenvalue weighted by Gasteiger charge is -2.12. The highest BCUT2D eigenvalue weighted by Crippen LogP contribution is 2.35. The van der Waals surface area contributed by atoms with Crippen LogP contribution in [0.3, 0.4) is 0 Å². The first kappa shape index (κ1) is 23.3. The molecule has 0 radical (unpaired) electrons. The van der Waals surface area contributed by atoms with E-state index in [1.54, 1.807) is 17.0 Å². The van der Waals surface area contributed by atoms with Crippen molar-refractivity contribution in [2.45, 2.75) is 20.5 Å². The molecule has 7 heteroatoms. The fourth-order valence-corrected chi connectivity index (χ4v) is 4.43. The zero-order chi connectivity index (χ0) is 24.1. The van der Waals surface area contributed by atoms with Crippen LogP contribution in [-0.4, -0.2) is 33.6 Å². The van der Waals surface area contributed by atoms with Crippen LogP contribution < -0.4 is 4.74 Å². The molecule has 0 spiro atoms. The lowest BCUT2D eigenvalue weighted by atomic mass is 10.1. The maximum Gasteiger partial charge on any atom is 0.335 e. The largest absolute Gasteiger partial charge is 0.488 e. The molecule has 1 aliphatic heterocycles. The van der Waals surface area contributed by atoms with Crippen molar-refractivity contribution in [3.05, 3.63) is 100.0 Å². The van der Waals surface area contributed by atoms with Gasteiger partial charge in [-0.1, -0.05) is 48.0 Å². The quantitative estimate of drug-likeness (QED) is 0.433. The van der Waals surface area contributed by atoms with E-state index in [0.29, 0.717) is 34.7 Å². The number of nitrogens with zero attached hydrogens (tertiary/aromatic N) is 2. The number of benzene rings is 3. The van der Waals surface area contributed by atoms with Gasteiger partial charge in [0.1, 0.15) is 12.4 Å². The van der Waals surface area contributed by atoms with E-state index in [4.69, 9.17) is 9.84 Å². The van der Waals surface area contributed by atoms with Crippen LogP contribution in [-0.2, 0) is 11.4 Å². The molecule has 34 heavy (non-hydrogen) atoms. The lowest BCUT2D eigenvalue weighted by Crippen LogP contribution is -2.28. The maximum absolute atomic E-state index is 13.0. The Morgan fingerprint density at radius 2 is 1.76 bits per heavy atom. The molecule has 0 unspecified atom stereocenters. The van der Waals surface area contributed by atoms with Gasteiger partial charge in [0.05, 0.1) is 16.2 Å². The van der Waals surface area contributed by atoms with E-state index in [-0.39, 0.29) is 11.5 Å².